The number of anilines is 2. The number of terminal acetylenes is 1. The molecule has 1 fully saturated rings. The van der Waals surface area contributed by atoms with Gasteiger partial charge in [-0.05, 0) is 6.07 Å². The van der Waals surface area contributed by atoms with Crippen LogP contribution in [-0.2, 0) is 4.79 Å². The Morgan fingerprint density at radius 1 is 1.56 bits per heavy atom. The van der Waals surface area contributed by atoms with Gasteiger partial charge in [0.05, 0.1) is 17.9 Å². The van der Waals surface area contributed by atoms with E-state index in [4.69, 9.17) is 16.9 Å². The number of hydrogen-bond acceptors (Lipinski definition) is 3. The van der Waals surface area contributed by atoms with Gasteiger partial charge in [0, 0.05) is 18.9 Å². The highest BCUT2D eigenvalue weighted by Gasteiger charge is 2.57. The van der Waals surface area contributed by atoms with E-state index < -0.39 is 11.4 Å². The average molecular weight is 246 g/mol. The summed E-state index contributed by atoms with van der Waals surface area (Å²) in [4.78, 5) is 13.7. The number of benzene rings is 1. The first kappa shape index (κ1) is 10.9. The molecule has 1 aromatic carbocycles. The van der Waals surface area contributed by atoms with E-state index >= 15 is 0 Å². The Hall–Kier alpha value is -2.22. The Labute approximate surface area is 104 Å². The van der Waals surface area contributed by atoms with Crippen LogP contribution in [0.2, 0.25) is 0 Å². The summed E-state index contributed by atoms with van der Waals surface area (Å²) in [5.41, 5.74) is 5.09. The molecular weight excluding hydrogens is 235 g/mol. The number of hydrogen-bond donors (Lipinski definition) is 1. The molecule has 0 bridgehead atoms. The zero-order valence-corrected chi connectivity index (χ0v) is 9.57. The molecule has 1 aliphatic carbocycles. The lowest BCUT2D eigenvalue weighted by Gasteiger charge is -2.33. The Balaban J connectivity index is 2.14. The van der Waals surface area contributed by atoms with Gasteiger partial charge in [-0.3, -0.25) is 9.69 Å². The topological polar surface area (TPSA) is 55.6 Å². The fourth-order valence-corrected chi connectivity index (χ4v) is 2.14. The molecule has 2 N–H and O–H groups in total. The predicted octanol–water partition coefficient (Wildman–Crippen LogP) is 1.30. The van der Waals surface area contributed by atoms with E-state index in [1.807, 2.05) is 0 Å². The lowest BCUT2D eigenvalue weighted by Crippen LogP contribution is -2.47. The summed E-state index contributed by atoms with van der Waals surface area (Å²) in [5.74, 6) is 2.03. The number of ether oxygens (including phenoxy) is 1. The number of rotatable bonds is 1. The molecule has 0 radical (unpaired) electrons. The number of nitrogens with two attached hydrogens (primary N) is 1. The molecule has 5 heteroatoms. The molecule has 0 saturated heterocycles. The molecule has 2 aliphatic rings. The summed E-state index contributed by atoms with van der Waals surface area (Å²) in [6.07, 6.45) is 6.54. The number of nitrogens with zero attached hydrogens (tertiary/aromatic N) is 1. The fourth-order valence-electron chi connectivity index (χ4n) is 2.14. The van der Waals surface area contributed by atoms with Gasteiger partial charge in [-0.1, -0.05) is 5.92 Å². The number of amides is 1. The molecular formula is C13H11FN2O2. The van der Waals surface area contributed by atoms with E-state index in [0.29, 0.717) is 24.3 Å². The average Bonchev–Trinajstić information content (AvgIpc) is 3.09. The highest BCUT2D eigenvalue weighted by Crippen LogP contribution is 2.49. The third kappa shape index (κ3) is 1.35. The van der Waals surface area contributed by atoms with Crippen molar-refractivity contribution in [3.8, 4) is 18.1 Å². The predicted molar refractivity (Wildman–Crippen MR) is 64.6 cm³/mol. The minimum Gasteiger partial charge on any atom is -0.475 e. The zero-order valence-electron chi connectivity index (χ0n) is 9.57. The number of fused-ring (bicyclic) bond motifs is 1. The minimum atomic E-state index is -0.827. The first-order chi connectivity index (χ1) is 8.57. The summed E-state index contributed by atoms with van der Waals surface area (Å²) < 4.78 is 19.0. The molecule has 1 aliphatic heterocycles. The second-order valence-electron chi connectivity index (χ2n) is 4.53. The molecule has 92 valence electrons. The van der Waals surface area contributed by atoms with Gasteiger partial charge in [0.15, 0.2) is 5.60 Å². The third-order valence-electron chi connectivity index (χ3n) is 3.26. The summed E-state index contributed by atoms with van der Waals surface area (Å²) in [6, 6.07) is 2.59. The van der Waals surface area contributed by atoms with Crippen molar-refractivity contribution >= 4 is 17.3 Å². The summed E-state index contributed by atoms with van der Waals surface area (Å²) in [5, 5.41) is 0. The zero-order chi connectivity index (χ0) is 12.9. The van der Waals surface area contributed by atoms with Crippen molar-refractivity contribution in [3.63, 3.8) is 0 Å². The van der Waals surface area contributed by atoms with Crippen LogP contribution >= 0.6 is 0 Å². The fraction of sp³-hybridized carbons (Fsp3) is 0.308. The third-order valence-corrected chi connectivity index (χ3v) is 3.26. The Morgan fingerprint density at radius 3 is 2.89 bits per heavy atom. The van der Waals surface area contributed by atoms with Crippen molar-refractivity contribution < 1.29 is 13.9 Å². The van der Waals surface area contributed by atoms with Crippen LogP contribution in [0.3, 0.4) is 0 Å². The van der Waals surface area contributed by atoms with E-state index in [2.05, 4.69) is 5.92 Å². The van der Waals surface area contributed by atoms with Crippen LogP contribution in [0, 0.1) is 18.2 Å². The Bertz CT molecular complexity index is 587. The maximum Gasteiger partial charge on any atom is 0.272 e. The van der Waals surface area contributed by atoms with Crippen LogP contribution in [0.5, 0.6) is 5.75 Å². The largest absolute Gasteiger partial charge is 0.475 e. The minimum absolute atomic E-state index is 0.0288. The molecule has 0 unspecified atom stereocenters. The smallest absolute Gasteiger partial charge is 0.272 e. The van der Waals surface area contributed by atoms with Crippen LogP contribution < -0.4 is 15.4 Å². The maximum atomic E-state index is 13.4. The van der Waals surface area contributed by atoms with E-state index in [0.717, 1.165) is 0 Å². The highest BCUT2D eigenvalue weighted by molar-refractivity contribution is 6.05. The van der Waals surface area contributed by atoms with Crippen molar-refractivity contribution in [2.24, 2.45) is 0 Å². The molecule has 1 aromatic rings. The summed E-state index contributed by atoms with van der Waals surface area (Å²) in [7, 11) is 0. The summed E-state index contributed by atoms with van der Waals surface area (Å²) in [6.45, 7) is 0.127. The van der Waals surface area contributed by atoms with Crippen molar-refractivity contribution in [1.29, 1.82) is 0 Å². The lowest BCUT2D eigenvalue weighted by molar-refractivity contribution is -0.128. The molecule has 0 aromatic heterocycles. The van der Waals surface area contributed by atoms with E-state index in [1.165, 1.54) is 17.0 Å². The molecule has 3 rings (SSSR count). The van der Waals surface area contributed by atoms with Crippen molar-refractivity contribution in [3.05, 3.63) is 17.9 Å². The normalized spacial score (nSPS) is 19.1. The van der Waals surface area contributed by atoms with Gasteiger partial charge >= 0.3 is 0 Å². The van der Waals surface area contributed by atoms with E-state index in [9.17, 15) is 9.18 Å². The van der Waals surface area contributed by atoms with Gasteiger partial charge in [0.25, 0.3) is 5.91 Å². The van der Waals surface area contributed by atoms with Gasteiger partial charge in [-0.25, -0.2) is 4.39 Å². The molecule has 1 saturated carbocycles. The van der Waals surface area contributed by atoms with E-state index in [-0.39, 0.29) is 18.1 Å². The molecule has 4 nitrogen and oxygen atoms in total. The lowest BCUT2D eigenvalue weighted by atomic mass is 10.1. The number of halogens is 1. The van der Waals surface area contributed by atoms with Crippen LogP contribution in [0.1, 0.15) is 12.8 Å². The SMILES string of the molecule is C#CCN1C(=O)C2(CC2)Oc2cc(F)c(N)cc21. The summed E-state index contributed by atoms with van der Waals surface area (Å²) >= 11 is 0. The second-order valence-corrected chi connectivity index (χ2v) is 4.53. The van der Waals surface area contributed by atoms with E-state index in [1.54, 1.807) is 0 Å². The molecule has 18 heavy (non-hydrogen) atoms. The van der Waals surface area contributed by atoms with Gasteiger partial charge in [0.1, 0.15) is 11.6 Å². The number of nitrogen functional groups attached to an aromatic ring is 1. The Kier molecular flexibility index (Phi) is 2.05. The van der Waals surface area contributed by atoms with Gasteiger partial charge in [0.2, 0.25) is 0 Å². The quantitative estimate of drug-likeness (QED) is 0.600. The molecule has 1 spiro atoms. The molecule has 0 atom stereocenters. The van der Waals surface area contributed by atoms with Crippen LogP contribution in [0.25, 0.3) is 0 Å². The number of carbonyl (C=O) groups excluding carboxylic acids is 1. The first-order valence-corrected chi connectivity index (χ1v) is 5.61. The van der Waals surface area contributed by atoms with Crippen LogP contribution in [0.15, 0.2) is 12.1 Å². The van der Waals surface area contributed by atoms with Crippen LogP contribution in [-0.4, -0.2) is 18.1 Å². The monoisotopic (exact) mass is 246 g/mol. The second kappa shape index (κ2) is 3.39. The van der Waals surface area contributed by atoms with Gasteiger partial charge in [-0.2, -0.15) is 0 Å². The standard InChI is InChI=1S/C13H11FN2O2/c1-2-5-16-10-7-9(15)8(14)6-11(10)18-13(3-4-13)12(16)17/h1,6-7H,3-5,15H2. The number of carbonyl (C=O) groups is 1. The van der Waals surface area contributed by atoms with Crippen molar-refractivity contribution in [2.75, 3.05) is 17.2 Å². The van der Waals surface area contributed by atoms with Gasteiger partial charge in [-0.15, -0.1) is 6.42 Å². The maximum absolute atomic E-state index is 13.4. The first-order valence-electron chi connectivity index (χ1n) is 5.61. The highest BCUT2D eigenvalue weighted by atomic mass is 19.1. The van der Waals surface area contributed by atoms with Crippen molar-refractivity contribution in [1.82, 2.24) is 0 Å². The van der Waals surface area contributed by atoms with Crippen molar-refractivity contribution in [2.45, 2.75) is 18.4 Å². The Morgan fingerprint density at radius 2 is 2.28 bits per heavy atom. The molecule has 1 heterocycles. The van der Waals surface area contributed by atoms with Gasteiger partial charge < -0.3 is 10.5 Å². The van der Waals surface area contributed by atoms with Crippen LogP contribution in [0.4, 0.5) is 15.8 Å². The molecule has 1 amide bonds.